The van der Waals surface area contributed by atoms with Gasteiger partial charge in [0.1, 0.15) is 0 Å². The number of piperidine rings is 1. The molecular weight excluding hydrogens is 352 g/mol. The fourth-order valence-corrected chi connectivity index (χ4v) is 3.27. The molecular formula is C19H15ClN4O2. The van der Waals surface area contributed by atoms with Gasteiger partial charge in [-0.3, -0.25) is 19.7 Å². The Morgan fingerprint density at radius 2 is 1.65 bits per heavy atom. The molecule has 0 radical (unpaired) electrons. The molecule has 130 valence electrons. The molecule has 1 aliphatic heterocycles. The van der Waals surface area contributed by atoms with Crippen molar-refractivity contribution < 1.29 is 9.59 Å². The van der Waals surface area contributed by atoms with E-state index >= 15 is 0 Å². The number of hydrogen-bond donors (Lipinski definition) is 1. The number of carbonyl (C=O) groups excluding carboxylic acids is 2. The van der Waals surface area contributed by atoms with E-state index in [-0.39, 0.29) is 30.6 Å². The van der Waals surface area contributed by atoms with E-state index in [0.29, 0.717) is 10.8 Å². The third kappa shape index (κ3) is 3.11. The van der Waals surface area contributed by atoms with E-state index in [2.05, 4.69) is 15.2 Å². The fraction of sp³-hybridized carbons (Fsp3) is 0.158. The van der Waals surface area contributed by atoms with E-state index in [1.165, 1.54) is 0 Å². The van der Waals surface area contributed by atoms with Crippen LogP contribution in [0.3, 0.4) is 0 Å². The number of hydrogen-bond acceptors (Lipinski definition) is 4. The molecule has 0 atom stereocenters. The highest BCUT2D eigenvalue weighted by Crippen LogP contribution is 2.33. The van der Waals surface area contributed by atoms with Crippen LogP contribution in [0.5, 0.6) is 0 Å². The van der Waals surface area contributed by atoms with Crippen LogP contribution in [0.25, 0.3) is 11.3 Å². The van der Waals surface area contributed by atoms with Gasteiger partial charge in [-0.15, -0.1) is 0 Å². The second-order valence-corrected chi connectivity index (χ2v) is 6.59. The highest BCUT2D eigenvalue weighted by molar-refractivity contribution is 6.30. The van der Waals surface area contributed by atoms with Crippen molar-refractivity contribution in [2.45, 2.75) is 18.8 Å². The number of anilines is 1. The van der Waals surface area contributed by atoms with Crippen LogP contribution in [0.4, 0.5) is 5.82 Å². The molecule has 0 spiro atoms. The quantitative estimate of drug-likeness (QED) is 0.719. The number of aromatic nitrogens is 3. The maximum absolute atomic E-state index is 12.6. The van der Waals surface area contributed by atoms with E-state index in [0.717, 1.165) is 21.7 Å². The summed E-state index contributed by atoms with van der Waals surface area (Å²) in [6, 6.07) is 12.6. The van der Waals surface area contributed by atoms with Crippen molar-refractivity contribution in [3.05, 3.63) is 65.4 Å². The van der Waals surface area contributed by atoms with Crippen molar-refractivity contribution in [2.24, 2.45) is 0 Å². The Hall–Kier alpha value is -2.99. The minimum Gasteiger partial charge on any atom is -0.276 e. The van der Waals surface area contributed by atoms with E-state index < -0.39 is 0 Å². The van der Waals surface area contributed by atoms with Crippen LogP contribution in [0.1, 0.15) is 24.3 Å². The molecule has 3 aromatic rings. The van der Waals surface area contributed by atoms with Gasteiger partial charge in [-0.25, -0.2) is 4.90 Å². The number of nitrogens with one attached hydrogen (secondary N) is 1. The first-order valence-corrected chi connectivity index (χ1v) is 8.56. The second-order valence-electron chi connectivity index (χ2n) is 6.16. The maximum atomic E-state index is 12.6. The molecule has 1 fully saturated rings. The summed E-state index contributed by atoms with van der Waals surface area (Å²) in [7, 11) is 0. The number of nitrogens with zero attached hydrogens (tertiary/aromatic N) is 3. The Balaban J connectivity index is 1.56. The number of halogens is 1. The Labute approximate surface area is 154 Å². The van der Waals surface area contributed by atoms with Crippen molar-refractivity contribution in [3.63, 3.8) is 0 Å². The lowest BCUT2D eigenvalue weighted by atomic mass is 9.88. The molecule has 1 N–H and O–H groups in total. The van der Waals surface area contributed by atoms with Gasteiger partial charge in [0.05, 0.1) is 5.69 Å². The molecule has 0 aliphatic carbocycles. The zero-order valence-corrected chi connectivity index (χ0v) is 14.5. The monoisotopic (exact) mass is 366 g/mol. The number of aromatic amines is 1. The largest absolute Gasteiger partial charge is 0.276 e. The molecule has 4 rings (SSSR count). The summed E-state index contributed by atoms with van der Waals surface area (Å²) in [5.74, 6) is -0.327. The summed E-state index contributed by atoms with van der Waals surface area (Å²) in [6.07, 6.45) is 3.85. The van der Waals surface area contributed by atoms with Gasteiger partial charge in [0.15, 0.2) is 5.82 Å². The predicted molar refractivity (Wildman–Crippen MR) is 97.7 cm³/mol. The van der Waals surface area contributed by atoms with E-state index in [9.17, 15) is 9.59 Å². The van der Waals surface area contributed by atoms with Crippen molar-refractivity contribution in [2.75, 3.05) is 4.90 Å². The Morgan fingerprint density at radius 1 is 1.00 bits per heavy atom. The fourth-order valence-electron chi connectivity index (χ4n) is 3.15. The standard InChI is InChI=1S/C19H15ClN4O2/c20-15-3-1-12(2-4-15)14-9-18(25)24(19(26)10-14)17-11-16(22-23-17)13-5-7-21-8-6-13/h1-8,11,14H,9-10H2,(H,22,23). The third-order valence-corrected chi connectivity index (χ3v) is 4.72. The van der Waals surface area contributed by atoms with Crippen LogP contribution in [0, 0.1) is 0 Å². The average Bonchev–Trinajstić information content (AvgIpc) is 3.12. The molecule has 0 unspecified atom stereocenters. The van der Waals surface area contributed by atoms with Gasteiger partial charge in [0.25, 0.3) is 0 Å². The first kappa shape index (κ1) is 16.5. The minimum atomic E-state index is -0.256. The van der Waals surface area contributed by atoms with Crippen LogP contribution in [0.15, 0.2) is 54.9 Å². The molecule has 0 bridgehead atoms. The Kier molecular flexibility index (Phi) is 4.26. The minimum absolute atomic E-state index is 0.137. The van der Waals surface area contributed by atoms with Crippen LogP contribution in [-0.4, -0.2) is 27.0 Å². The third-order valence-electron chi connectivity index (χ3n) is 4.47. The Morgan fingerprint density at radius 3 is 2.31 bits per heavy atom. The van der Waals surface area contributed by atoms with Crippen molar-refractivity contribution in [1.29, 1.82) is 0 Å². The van der Waals surface area contributed by atoms with Gasteiger partial charge in [-0.2, -0.15) is 5.10 Å². The smallest absolute Gasteiger partial charge is 0.235 e. The number of carbonyl (C=O) groups is 2. The summed E-state index contributed by atoms with van der Waals surface area (Å²) in [5.41, 5.74) is 2.55. The van der Waals surface area contributed by atoms with Crippen molar-refractivity contribution >= 4 is 29.2 Å². The number of benzene rings is 1. The summed E-state index contributed by atoms with van der Waals surface area (Å²) in [5, 5.41) is 7.65. The molecule has 2 amide bonds. The van der Waals surface area contributed by atoms with Gasteiger partial charge < -0.3 is 0 Å². The van der Waals surface area contributed by atoms with Crippen molar-refractivity contribution in [3.8, 4) is 11.3 Å². The van der Waals surface area contributed by atoms with Gasteiger partial charge in [0, 0.05) is 47.8 Å². The second kappa shape index (κ2) is 6.72. The van der Waals surface area contributed by atoms with Crippen LogP contribution < -0.4 is 4.90 Å². The SMILES string of the molecule is O=C1CC(c2ccc(Cl)cc2)CC(=O)N1c1cc(-c2ccncc2)[nH]n1. The van der Waals surface area contributed by atoms with E-state index in [1.807, 2.05) is 24.3 Å². The van der Waals surface area contributed by atoms with Gasteiger partial charge in [0.2, 0.25) is 11.8 Å². The van der Waals surface area contributed by atoms with Gasteiger partial charge in [-0.1, -0.05) is 23.7 Å². The lowest BCUT2D eigenvalue weighted by Gasteiger charge is -2.28. The first-order chi connectivity index (χ1) is 12.6. The molecule has 1 saturated heterocycles. The van der Waals surface area contributed by atoms with Gasteiger partial charge in [-0.05, 0) is 29.8 Å². The first-order valence-electron chi connectivity index (χ1n) is 8.19. The van der Waals surface area contributed by atoms with Crippen LogP contribution in [-0.2, 0) is 9.59 Å². The molecule has 3 heterocycles. The van der Waals surface area contributed by atoms with Crippen molar-refractivity contribution in [1.82, 2.24) is 15.2 Å². The van der Waals surface area contributed by atoms with Gasteiger partial charge >= 0.3 is 0 Å². The lowest BCUT2D eigenvalue weighted by molar-refractivity contribution is -0.129. The number of pyridine rings is 1. The molecule has 1 aromatic carbocycles. The Bertz CT molecular complexity index is 935. The maximum Gasteiger partial charge on any atom is 0.235 e. The topological polar surface area (TPSA) is 79.0 Å². The predicted octanol–water partition coefficient (Wildman–Crippen LogP) is 3.56. The number of H-pyrrole nitrogens is 1. The highest BCUT2D eigenvalue weighted by Gasteiger charge is 2.35. The number of amides is 2. The zero-order chi connectivity index (χ0) is 18.1. The molecule has 26 heavy (non-hydrogen) atoms. The van der Waals surface area contributed by atoms with Crippen LogP contribution >= 0.6 is 11.6 Å². The summed E-state index contributed by atoms with van der Waals surface area (Å²) in [4.78, 5) is 30.4. The summed E-state index contributed by atoms with van der Waals surface area (Å²) < 4.78 is 0. The molecule has 6 nitrogen and oxygen atoms in total. The summed E-state index contributed by atoms with van der Waals surface area (Å²) >= 11 is 5.91. The number of rotatable bonds is 3. The number of imide groups is 1. The van der Waals surface area contributed by atoms with E-state index in [1.54, 1.807) is 30.6 Å². The summed E-state index contributed by atoms with van der Waals surface area (Å²) in [6.45, 7) is 0. The van der Waals surface area contributed by atoms with E-state index in [4.69, 9.17) is 11.6 Å². The molecule has 1 aliphatic rings. The van der Waals surface area contributed by atoms with Crippen LogP contribution in [0.2, 0.25) is 5.02 Å². The zero-order valence-electron chi connectivity index (χ0n) is 13.7. The lowest BCUT2D eigenvalue weighted by Crippen LogP contribution is -2.43. The molecule has 2 aromatic heterocycles. The molecule has 7 heteroatoms. The normalized spacial score (nSPS) is 15.5. The average molecular weight is 367 g/mol. The highest BCUT2D eigenvalue weighted by atomic mass is 35.5. The molecule has 0 saturated carbocycles.